The zero-order valence-corrected chi connectivity index (χ0v) is 17.7. The van der Waals surface area contributed by atoms with E-state index in [1.807, 2.05) is 18.2 Å². The first-order valence-electron chi connectivity index (χ1n) is 9.56. The van der Waals surface area contributed by atoms with Gasteiger partial charge in [0.05, 0.1) is 17.6 Å². The monoisotopic (exact) mass is 437 g/mol. The zero-order chi connectivity index (χ0) is 20.9. The predicted molar refractivity (Wildman–Crippen MR) is 118 cm³/mol. The molecule has 2 N–H and O–H groups in total. The first kappa shape index (κ1) is 20.3. The normalized spacial score (nSPS) is 12.6. The summed E-state index contributed by atoms with van der Waals surface area (Å²) in [6.45, 7) is 0. The highest BCUT2D eigenvalue weighted by Gasteiger charge is 2.21. The van der Waals surface area contributed by atoms with Crippen LogP contribution in [0.25, 0.3) is 0 Å². The molecule has 0 spiro atoms. The number of benzene rings is 1. The summed E-state index contributed by atoms with van der Waals surface area (Å²) in [6.07, 6.45) is 5.57. The molecule has 30 heavy (non-hydrogen) atoms. The second-order valence-corrected chi connectivity index (χ2v) is 8.98. The number of thiophene rings is 1. The maximum atomic E-state index is 12.5. The van der Waals surface area contributed by atoms with Crippen molar-refractivity contribution in [3.05, 3.63) is 64.4 Å². The fourth-order valence-corrected chi connectivity index (χ4v) is 5.36. The smallest absolute Gasteiger partial charge is 0.291 e. The molecule has 2 amide bonds. The number of fused-ring (bicyclic) bond motifs is 1. The number of thioether (sulfide) groups is 1. The quantitative estimate of drug-likeness (QED) is 0.525. The third-order valence-corrected chi connectivity index (χ3v) is 6.94. The second kappa shape index (κ2) is 9.20. The van der Waals surface area contributed by atoms with Crippen molar-refractivity contribution in [3.8, 4) is 6.07 Å². The van der Waals surface area contributed by atoms with Gasteiger partial charge < -0.3 is 15.1 Å². The standard InChI is InChI=1S/C22H19N3O3S2/c23-12-17-16-7-1-2-9-19(16)30-22(17)25-20(26)13-29-15-6-3-5-14(11-15)24-21(27)18-8-4-10-28-18/h3-6,8,10-11H,1-2,7,9,13H2,(H,24,27)(H,25,26). The number of nitrogens with zero attached hydrogens (tertiary/aromatic N) is 1. The Hall–Kier alpha value is -3.02. The Morgan fingerprint density at radius 1 is 1.17 bits per heavy atom. The molecule has 6 nitrogen and oxygen atoms in total. The van der Waals surface area contributed by atoms with Gasteiger partial charge >= 0.3 is 0 Å². The third kappa shape index (κ3) is 4.58. The number of nitrogens with one attached hydrogen (secondary N) is 2. The Balaban J connectivity index is 1.36. The summed E-state index contributed by atoms with van der Waals surface area (Å²) in [4.78, 5) is 26.6. The minimum Gasteiger partial charge on any atom is -0.459 e. The molecule has 0 radical (unpaired) electrons. The van der Waals surface area contributed by atoms with Gasteiger partial charge in [-0.2, -0.15) is 5.26 Å². The largest absolute Gasteiger partial charge is 0.459 e. The Morgan fingerprint density at radius 2 is 2.03 bits per heavy atom. The summed E-state index contributed by atoms with van der Waals surface area (Å²) in [5.41, 5.74) is 2.35. The van der Waals surface area contributed by atoms with Crippen molar-refractivity contribution in [2.75, 3.05) is 16.4 Å². The van der Waals surface area contributed by atoms with Gasteiger partial charge in [0.15, 0.2) is 5.76 Å². The van der Waals surface area contributed by atoms with Gasteiger partial charge in [-0.05, 0) is 61.6 Å². The van der Waals surface area contributed by atoms with Gasteiger partial charge in [0.1, 0.15) is 11.1 Å². The maximum Gasteiger partial charge on any atom is 0.291 e. The lowest BCUT2D eigenvalue weighted by molar-refractivity contribution is -0.113. The van der Waals surface area contributed by atoms with Crippen LogP contribution < -0.4 is 10.6 Å². The number of aryl methyl sites for hydroxylation is 1. The molecule has 0 aliphatic heterocycles. The van der Waals surface area contributed by atoms with E-state index in [0.29, 0.717) is 16.3 Å². The molecule has 2 aromatic heterocycles. The number of hydrogen-bond donors (Lipinski definition) is 2. The highest BCUT2D eigenvalue weighted by atomic mass is 32.2. The minimum atomic E-state index is -0.328. The topological polar surface area (TPSA) is 95.1 Å². The van der Waals surface area contributed by atoms with Crippen LogP contribution in [0.15, 0.2) is 52.0 Å². The Labute approximate surface area is 182 Å². The van der Waals surface area contributed by atoms with Crippen LogP contribution in [0, 0.1) is 11.3 Å². The van der Waals surface area contributed by atoms with Gasteiger partial charge in [-0.3, -0.25) is 9.59 Å². The van der Waals surface area contributed by atoms with E-state index >= 15 is 0 Å². The van der Waals surface area contributed by atoms with Crippen LogP contribution in [0.3, 0.4) is 0 Å². The molecule has 0 atom stereocenters. The van der Waals surface area contributed by atoms with Crippen LogP contribution in [-0.4, -0.2) is 17.6 Å². The van der Waals surface area contributed by atoms with Gasteiger partial charge in [0.2, 0.25) is 5.91 Å². The molecule has 4 rings (SSSR count). The summed E-state index contributed by atoms with van der Waals surface area (Å²) < 4.78 is 5.09. The average molecular weight is 438 g/mol. The number of amides is 2. The average Bonchev–Trinajstić information content (AvgIpc) is 3.40. The van der Waals surface area contributed by atoms with Crippen LogP contribution in [0.2, 0.25) is 0 Å². The SMILES string of the molecule is N#Cc1c(NC(=O)CSc2cccc(NC(=O)c3ccco3)c2)sc2c1CCCC2. The van der Waals surface area contributed by atoms with Crippen LogP contribution >= 0.6 is 23.1 Å². The molecular formula is C22H19N3O3S2. The van der Waals surface area contributed by atoms with Crippen molar-refractivity contribution in [1.29, 1.82) is 5.26 Å². The molecule has 0 bridgehead atoms. The summed E-state index contributed by atoms with van der Waals surface area (Å²) in [7, 11) is 0. The van der Waals surface area contributed by atoms with E-state index in [9.17, 15) is 14.9 Å². The van der Waals surface area contributed by atoms with Crippen LogP contribution in [0.4, 0.5) is 10.7 Å². The summed E-state index contributed by atoms with van der Waals surface area (Å²) in [5, 5.41) is 15.9. The summed E-state index contributed by atoms with van der Waals surface area (Å²) >= 11 is 2.89. The minimum absolute atomic E-state index is 0.153. The number of nitriles is 1. The number of furan rings is 1. The van der Waals surface area contributed by atoms with Crippen molar-refractivity contribution in [2.24, 2.45) is 0 Å². The Bertz CT molecular complexity index is 1110. The first-order valence-corrected chi connectivity index (χ1v) is 11.4. The number of carbonyl (C=O) groups is 2. The van der Waals surface area contributed by atoms with E-state index in [2.05, 4.69) is 16.7 Å². The fourth-order valence-electron chi connectivity index (χ4n) is 3.35. The molecule has 3 aromatic rings. The molecule has 1 aliphatic carbocycles. The van der Waals surface area contributed by atoms with Crippen LogP contribution in [0.1, 0.15) is 39.4 Å². The summed E-state index contributed by atoms with van der Waals surface area (Å²) in [6, 6.07) is 12.8. The predicted octanol–water partition coefficient (Wildman–Crippen LogP) is 5.07. The van der Waals surface area contributed by atoms with Crippen LogP contribution in [-0.2, 0) is 17.6 Å². The summed E-state index contributed by atoms with van der Waals surface area (Å²) in [5.74, 6) is -0.0340. The van der Waals surface area contributed by atoms with E-state index in [4.69, 9.17) is 4.42 Å². The molecule has 0 unspecified atom stereocenters. The van der Waals surface area contributed by atoms with Gasteiger partial charge in [0, 0.05) is 15.5 Å². The first-order chi connectivity index (χ1) is 14.6. The second-order valence-electron chi connectivity index (χ2n) is 6.82. The van der Waals surface area contributed by atoms with E-state index in [0.717, 1.165) is 36.1 Å². The highest BCUT2D eigenvalue weighted by molar-refractivity contribution is 8.00. The lowest BCUT2D eigenvalue weighted by Crippen LogP contribution is -2.14. The molecule has 152 valence electrons. The number of carbonyl (C=O) groups excluding carboxylic acids is 2. The van der Waals surface area contributed by atoms with Crippen molar-refractivity contribution in [3.63, 3.8) is 0 Å². The van der Waals surface area contributed by atoms with Crippen molar-refractivity contribution >= 4 is 45.6 Å². The van der Waals surface area contributed by atoms with Gasteiger partial charge in [-0.15, -0.1) is 23.1 Å². The zero-order valence-electron chi connectivity index (χ0n) is 16.1. The van der Waals surface area contributed by atoms with E-state index in [1.165, 1.54) is 34.2 Å². The maximum absolute atomic E-state index is 12.5. The molecule has 0 fully saturated rings. The van der Waals surface area contributed by atoms with Gasteiger partial charge in [-0.1, -0.05) is 6.07 Å². The van der Waals surface area contributed by atoms with Crippen LogP contribution in [0.5, 0.6) is 0 Å². The van der Waals surface area contributed by atoms with Crippen molar-refractivity contribution in [2.45, 2.75) is 30.6 Å². The molecule has 1 aromatic carbocycles. The molecule has 8 heteroatoms. The fraction of sp³-hybridized carbons (Fsp3) is 0.227. The van der Waals surface area contributed by atoms with Crippen molar-refractivity contribution in [1.82, 2.24) is 0 Å². The van der Waals surface area contributed by atoms with E-state index in [-0.39, 0.29) is 23.3 Å². The van der Waals surface area contributed by atoms with Crippen molar-refractivity contribution < 1.29 is 14.0 Å². The van der Waals surface area contributed by atoms with Gasteiger partial charge in [0.25, 0.3) is 5.91 Å². The molecule has 0 saturated heterocycles. The lowest BCUT2D eigenvalue weighted by Gasteiger charge is -2.09. The molecular weight excluding hydrogens is 418 g/mol. The number of hydrogen-bond acceptors (Lipinski definition) is 6. The molecule has 1 aliphatic rings. The Morgan fingerprint density at radius 3 is 2.83 bits per heavy atom. The van der Waals surface area contributed by atoms with E-state index < -0.39 is 0 Å². The molecule has 2 heterocycles. The van der Waals surface area contributed by atoms with Gasteiger partial charge in [-0.25, -0.2) is 0 Å². The third-order valence-electron chi connectivity index (χ3n) is 4.74. The van der Waals surface area contributed by atoms with E-state index in [1.54, 1.807) is 18.2 Å². The molecule has 0 saturated carbocycles. The highest BCUT2D eigenvalue weighted by Crippen LogP contribution is 2.37. The lowest BCUT2D eigenvalue weighted by atomic mass is 9.96. The Kier molecular flexibility index (Phi) is 6.21. The number of anilines is 2. The number of rotatable bonds is 6.